The fourth-order valence-corrected chi connectivity index (χ4v) is 2.68. The van der Waals surface area contributed by atoms with Crippen molar-refractivity contribution in [2.45, 2.75) is 20.0 Å². The van der Waals surface area contributed by atoms with Gasteiger partial charge < -0.3 is 10.2 Å². The highest BCUT2D eigenvalue weighted by Crippen LogP contribution is 2.18. The first-order valence-corrected chi connectivity index (χ1v) is 7.19. The summed E-state index contributed by atoms with van der Waals surface area (Å²) >= 11 is 1.66. The second-order valence-corrected chi connectivity index (χ2v) is 5.20. The Bertz CT molecular complexity index is 510. The number of halogens is 1. The Morgan fingerprint density at radius 2 is 2.05 bits per heavy atom. The van der Waals surface area contributed by atoms with E-state index in [0.717, 1.165) is 36.0 Å². The second-order valence-electron chi connectivity index (χ2n) is 4.25. The van der Waals surface area contributed by atoms with Crippen molar-refractivity contribution in [1.29, 1.82) is 0 Å². The van der Waals surface area contributed by atoms with E-state index >= 15 is 0 Å². The van der Waals surface area contributed by atoms with Gasteiger partial charge in [-0.25, -0.2) is 9.37 Å². The van der Waals surface area contributed by atoms with Crippen molar-refractivity contribution in [2.75, 3.05) is 18.5 Å². The van der Waals surface area contributed by atoms with Crippen molar-refractivity contribution in [3.05, 3.63) is 46.2 Å². The number of benzene rings is 1. The average molecular weight is 279 g/mol. The number of aromatic nitrogens is 1. The first-order chi connectivity index (χ1) is 9.22. The second kappa shape index (κ2) is 6.63. The summed E-state index contributed by atoms with van der Waals surface area (Å²) in [7, 11) is 1.91. The standard InChI is InChI=1S/C14H18FN3S/c1-3-18(13-6-4-11(15)5-7-13)9-12-10-19-14(17-12)8-16-2/h4-7,10,16H,3,8-9H2,1-2H3. The summed E-state index contributed by atoms with van der Waals surface area (Å²) < 4.78 is 12.9. The lowest BCUT2D eigenvalue weighted by Crippen LogP contribution is -2.22. The Morgan fingerprint density at radius 1 is 1.32 bits per heavy atom. The van der Waals surface area contributed by atoms with Gasteiger partial charge in [-0.3, -0.25) is 0 Å². The van der Waals surface area contributed by atoms with Crippen molar-refractivity contribution >= 4 is 17.0 Å². The fraction of sp³-hybridized carbons (Fsp3) is 0.357. The summed E-state index contributed by atoms with van der Waals surface area (Å²) in [5.41, 5.74) is 2.08. The third-order valence-corrected chi connectivity index (χ3v) is 3.75. The molecule has 0 saturated heterocycles. The average Bonchev–Trinajstić information content (AvgIpc) is 2.85. The van der Waals surface area contributed by atoms with Crippen LogP contribution in [0.2, 0.25) is 0 Å². The van der Waals surface area contributed by atoms with E-state index in [4.69, 9.17) is 0 Å². The van der Waals surface area contributed by atoms with E-state index in [1.165, 1.54) is 12.1 Å². The predicted octanol–water partition coefficient (Wildman–Crippen LogP) is 3.03. The van der Waals surface area contributed by atoms with Crippen molar-refractivity contribution in [3.63, 3.8) is 0 Å². The molecule has 0 aliphatic carbocycles. The van der Waals surface area contributed by atoms with Gasteiger partial charge in [0.05, 0.1) is 12.2 Å². The minimum atomic E-state index is -0.204. The van der Waals surface area contributed by atoms with E-state index in [2.05, 4.69) is 27.5 Å². The Morgan fingerprint density at radius 3 is 2.68 bits per heavy atom. The van der Waals surface area contributed by atoms with Crippen molar-refractivity contribution in [1.82, 2.24) is 10.3 Å². The van der Waals surface area contributed by atoms with Gasteiger partial charge in [-0.15, -0.1) is 11.3 Å². The van der Waals surface area contributed by atoms with Gasteiger partial charge in [-0.2, -0.15) is 0 Å². The summed E-state index contributed by atoms with van der Waals surface area (Å²) in [6.45, 7) is 4.50. The van der Waals surface area contributed by atoms with Gasteiger partial charge in [0.1, 0.15) is 10.8 Å². The molecule has 1 heterocycles. The Kier molecular flexibility index (Phi) is 4.87. The molecule has 0 fully saturated rings. The monoisotopic (exact) mass is 279 g/mol. The summed E-state index contributed by atoms with van der Waals surface area (Å²) in [6.07, 6.45) is 0. The van der Waals surface area contributed by atoms with Crippen LogP contribution in [-0.2, 0) is 13.1 Å². The lowest BCUT2D eigenvalue weighted by atomic mass is 10.2. The molecule has 0 spiro atoms. The molecule has 1 aromatic carbocycles. The number of thiazole rings is 1. The third kappa shape index (κ3) is 3.75. The summed E-state index contributed by atoms with van der Waals surface area (Å²) in [5, 5.41) is 6.27. The van der Waals surface area contributed by atoms with E-state index in [1.807, 2.05) is 7.05 Å². The van der Waals surface area contributed by atoms with Crippen molar-refractivity contribution < 1.29 is 4.39 Å². The molecule has 0 aliphatic heterocycles. The maximum absolute atomic E-state index is 12.9. The van der Waals surface area contributed by atoms with Crippen LogP contribution in [0, 0.1) is 5.82 Å². The molecule has 0 unspecified atom stereocenters. The van der Waals surface area contributed by atoms with Gasteiger partial charge in [-0.05, 0) is 38.2 Å². The Balaban J connectivity index is 2.07. The van der Waals surface area contributed by atoms with Crippen LogP contribution in [0.5, 0.6) is 0 Å². The minimum absolute atomic E-state index is 0.204. The highest BCUT2D eigenvalue weighted by atomic mass is 32.1. The molecule has 2 aromatic rings. The molecule has 0 amide bonds. The molecule has 0 aliphatic rings. The summed E-state index contributed by atoms with van der Waals surface area (Å²) in [5.74, 6) is -0.204. The molecule has 19 heavy (non-hydrogen) atoms. The Labute approximate surface area is 117 Å². The topological polar surface area (TPSA) is 28.2 Å². The number of anilines is 1. The van der Waals surface area contributed by atoms with Gasteiger partial charge in [0.15, 0.2) is 0 Å². The Hall–Kier alpha value is -1.46. The number of nitrogens with zero attached hydrogens (tertiary/aromatic N) is 2. The van der Waals surface area contributed by atoms with Gasteiger partial charge >= 0.3 is 0 Å². The number of hydrogen-bond donors (Lipinski definition) is 1. The summed E-state index contributed by atoms with van der Waals surface area (Å²) in [4.78, 5) is 6.75. The van der Waals surface area contributed by atoms with Gasteiger partial charge in [0.25, 0.3) is 0 Å². The van der Waals surface area contributed by atoms with Crippen LogP contribution in [0.3, 0.4) is 0 Å². The molecule has 1 N–H and O–H groups in total. The van der Waals surface area contributed by atoms with E-state index in [9.17, 15) is 4.39 Å². The molecule has 3 nitrogen and oxygen atoms in total. The van der Waals surface area contributed by atoms with Crippen LogP contribution in [0.4, 0.5) is 10.1 Å². The zero-order chi connectivity index (χ0) is 13.7. The van der Waals surface area contributed by atoms with Gasteiger partial charge in [0.2, 0.25) is 0 Å². The lowest BCUT2D eigenvalue weighted by molar-refractivity contribution is 0.627. The van der Waals surface area contributed by atoms with E-state index in [0.29, 0.717) is 0 Å². The van der Waals surface area contributed by atoms with Gasteiger partial charge in [-0.1, -0.05) is 0 Å². The minimum Gasteiger partial charge on any atom is -0.366 e. The molecule has 0 atom stereocenters. The van der Waals surface area contributed by atoms with Crippen molar-refractivity contribution in [3.8, 4) is 0 Å². The molecule has 5 heteroatoms. The molecule has 0 radical (unpaired) electrons. The van der Waals surface area contributed by atoms with Crippen LogP contribution in [0.1, 0.15) is 17.6 Å². The molecule has 0 saturated carbocycles. The van der Waals surface area contributed by atoms with E-state index < -0.39 is 0 Å². The maximum atomic E-state index is 12.9. The normalized spacial score (nSPS) is 10.7. The first-order valence-electron chi connectivity index (χ1n) is 6.31. The molecular formula is C14H18FN3S. The quantitative estimate of drug-likeness (QED) is 0.881. The number of nitrogens with one attached hydrogen (secondary N) is 1. The first kappa shape index (κ1) is 14.0. The zero-order valence-corrected chi connectivity index (χ0v) is 12.0. The highest BCUT2D eigenvalue weighted by molar-refractivity contribution is 7.09. The third-order valence-electron chi connectivity index (χ3n) is 2.85. The van der Waals surface area contributed by atoms with Crippen molar-refractivity contribution in [2.24, 2.45) is 0 Å². The molecule has 1 aromatic heterocycles. The SMILES string of the molecule is CCN(Cc1csc(CNC)n1)c1ccc(F)cc1. The van der Waals surface area contributed by atoms with Crippen LogP contribution in [-0.4, -0.2) is 18.6 Å². The van der Waals surface area contributed by atoms with E-state index in [-0.39, 0.29) is 5.82 Å². The van der Waals surface area contributed by atoms with Crippen LogP contribution < -0.4 is 10.2 Å². The fourth-order valence-electron chi connectivity index (χ4n) is 1.89. The summed E-state index contributed by atoms with van der Waals surface area (Å²) in [6, 6.07) is 6.59. The molecule has 0 bridgehead atoms. The lowest BCUT2D eigenvalue weighted by Gasteiger charge is -2.22. The predicted molar refractivity (Wildman–Crippen MR) is 78.0 cm³/mol. The number of rotatable bonds is 6. The molecule has 102 valence electrons. The number of hydrogen-bond acceptors (Lipinski definition) is 4. The van der Waals surface area contributed by atoms with Crippen LogP contribution in [0.25, 0.3) is 0 Å². The maximum Gasteiger partial charge on any atom is 0.123 e. The largest absolute Gasteiger partial charge is 0.366 e. The zero-order valence-electron chi connectivity index (χ0n) is 11.2. The smallest absolute Gasteiger partial charge is 0.123 e. The molecular weight excluding hydrogens is 261 g/mol. The van der Waals surface area contributed by atoms with Crippen LogP contribution >= 0.6 is 11.3 Å². The highest BCUT2D eigenvalue weighted by Gasteiger charge is 2.08. The van der Waals surface area contributed by atoms with Gasteiger partial charge in [0, 0.05) is 24.2 Å². The van der Waals surface area contributed by atoms with E-state index in [1.54, 1.807) is 23.5 Å². The van der Waals surface area contributed by atoms with Crippen LogP contribution in [0.15, 0.2) is 29.6 Å². The molecule has 2 rings (SSSR count).